The van der Waals surface area contributed by atoms with Crippen molar-refractivity contribution < 1.29 is 22.7 Å². The van der Waals surface area contributed by atoms with E-state index in [4.69, 9.17) is 4.74 Å². The van der Waals surface area contributed by atoms with Crippen LogP contribution in [0.25, 0.3) is 11.4 Å². The fourth-order valence-electron chi connectivity index (χ4n) is 3.02. The Balaban J connectivity index is 1.59. The molecule has 31 heavy (non-hydrogen) atoms. The highest BCUT2D eigenvalue weighted by molar-refractivity contribution is 5.91. The van der Waals surface area contributed by atoms with E-state index in [0.717, 1.165) is 48.2 Å². The summed E-state index contributed by atoms with van der Waals surface area (Å²) >= 11 is 0. The van der Waals surface area contributed by atoms with E-state index in [-0.39, 0.29) is 11.3 Å². The SMILES string of the molecule is CCCCCCc1cnc(-c2ccc(OC(=O)c3ccc(C(F)(F)F)cc3)cc2)nc1. The third-order valence-electron chi connectivity index (χ3n) is 4.80. The summed E-state index contributed by atoms with van der Waals surface area (Å²) in [6.07, 6.45) is 4.91. The highest BCUT2D eigenvalue weighted by Crippen LogP contribution is 2.29. The van der Waals surface area contributed by atoms with E-state index in [1.54, 1.807) is 24.3 Å². The van der Waals surface area contributed by atoms with Crippen molar-refractivity contribution in [1.82, 2.24) is 9.97 Å². The van der Waals surface area contributed by atoms with Gasteiger partial charge in [-0.3, -0.25) is 0 Å². The summed E-state index contributed by atoms with van der Waals surface area (Å²) in [4.78, 5) is 21.0. The van der Waals surface area contributed by atoms with Crippen LogP contribution in [0.1, 0.15) is 54.1 Å². The molecule has 0 aliphatic carbocycles. The summed E-state index contributed by atoms with van der Waals surface area (Å²) in [5, 5.41) is 0. The molecule has 2 aromatic carbocycles. The molecule has 0 bridgehead atoms. The van der Waals surface area contributed by atoms with Crippen LogP contribution in [0, 0.1) is 0 Å². The number of rotatable bonds is 8. The van der Waals surface area contributed by atoms with Gasteiger partial charge < -0.3 is 4.74 Å². The van der Waals surface area contributed by atoms with Crippen molar-refractivity contribution in [3.05, 3.63) is 77.6 Å². The quantitative estimate of drug-likeness (QED) is 0.233. The predicted octanol–water partition coefficient (Wildman–Crippen LogP) is 6.50. The van der Waals surface area contributed by atoms with E-state index in [0.29, 0.717) is 5.82 Å². The lowest BCUT2D eigenvalue weighted by atomic mass is 10.1. The van der Waals surface area contributed by atoms with Crippen LogP contribution in [0.4, 0.5) is 13.2 Å². The van der Waals surface area contributed by atoms with Gasteiger partial charge in [0.15, 0.2) is 5.82 Å². The maximum Gasteiger partial charge on any atom is 0.416 e. The van der Waals surface area contributed by atoms with Gasteiger partial charge in [-0.15, -0.1) is 0 Å². The van der Waals surface area contributed by atoms with Crippen molar-refractivity contribution >= 4 is 5.97 Å². The van der Waals surface area contributed by atoms with Crippen molar-refractivity contribution in [3.63, 3.8) is 0 Å². The predicted molar refractivity (Wildman–Crippen MR) is 112 cm³/mol. The number of unbranched alkanes of at least 4 members (excludes halogenated alkanes) is 3. The Kier molecular flexibility index (Phi) is 7.39. The second kappa shape index (κ2) is 10.2. The van der Waals surface area contributed by atoms with Crippen molar-refractivity contribution in [2.75, 3.05) is 0 Å². The fraction of sp³-hybridized carbons (Fsp3) is 0.292. The number of alkyl halides is 3. The van der Waals surface area contributed by atoms with Crippen LogP contribution >= 0.6 is 0 Å². The number of carbonyl (C=O) groups is 1. The molecule has 0 aliphatic rings. The second-order valence-electron chi connectivity index (χ2n) is 7.21. The van der Waals surface area contributed by atoms with Gasteiger partial charge in [0.25, 0.3) is 0 Å². The van der Waals surface area contributed by atoms with E-state index < -0.39 is 17.7 Å². The van der Waals surface area contributed by atoms with E-state index in [1.807, 2.05) is 12.4 Å². The molecule has 0 atom stereocenters. The normalized spacial score (nSPS) is 11.4. The molecule has 4 nitrogen and oxygen atoms in total. The zero-order chi connectivity index (χ0) is 22.3. The summed E-state index contributed by atoms with van der Waals surface area (Å²) in [6, 6.07) is 10.5. The van der Waals surface area contributed by atoms with Crippen molar-refractivity contribution in [2.24, 2.45) is 0 Å². The van der Waals surface area contributed by atoms with Gasteiger partial charge in [-0.05, 0) is 66.9 Å². The number of ether oxygens (including phenoxy) is 1. The molecular weight excluding hydrogens is 405 g/mol. The lowest BCUT2D eigenvalue weighted by Crippen LogP contribution is -2.10. The van der Waals surface area contributed by atoms with Gasteiger partial charge in [-0.1, -0.05) is 26.2 Å². The van der Waals surface area contributed by atoms with Crippen molar-refractivity contribution in [1.29, 1.82) is 0 Å². The van der Waals surface area contributed by atoms with Gasteiger partial charge in [0.05, 0.1) is 11.1 Å². The Hall–Kier alpha value is -3.22. The number of hydrogen-bond acceptors (Lipinski definition) is 4. The highest BCUT2D eigenvalue weighted by Gasteiger charge is 2.30. The smallest absolute Gasteiger partial charge is 0.416 e. The summed E-state index contributed by atoms with van der Waals surface area (Å²) < 4.78 is 43.1. The zero-order valence-electron chi connectivity index (χ0n) is 17.2. The molecule has 0 amide bonds. The van der Waals surface area contributed by atoms with Gasteiger partial charge in [0.2, 0.25) is 0 Å². The number of aryl methyl sites for hydroxylation is 1. The Labute approximate surface area is 179 Å². The molecular formula is C24H23F3N2O2. The van der Waals surface area contributed by atoms with E-state index in [2.05, 4.69) is 16.9 Å². The number of hydrogen-bond donors (Lipinski definition) is 0. The summed E-state index contributed by atoms with van der Waals surface area (Å²) in [7, 11) is 0. The minimum absolute atomic E-state index is 0.0370. The van der Waals surface area contributed by atoms with Crippen LogP contribution in [-0.4, -0.2) is 15.9 Å². The van der Waals surface area contributed by atoms with Gasteiger partial charge in [0, 0.05) is 18.0 Å². The van der Waals surface area contributed by atoms with Gasteiger partial charge in [0.1, 0.15) is 5.75 Å². The van der Waals surface area contributed by atoms with Crippen molar-refractivity contribution in [3.8, 4) is 17.1 Å². The maximum atomic E-state index is 12.6. The molecule has 1 heterocycles. The highest BCUT2D eigenvalue weighted by atomic mass is 19.4. The Morgan fingerprint density at radius 2 is 1.55 bits per heavy atom. The number of nitrogens with zero attached hydrogens (tertiary/aromatic N) is 2. The molecule has 1 aromatic heterocycles. The molecule has 3 aromatic rings. The molecule has 0 radical (unpaired) electrons. The standard InChI is InChI=1S/C24H23F3N2O2/c1-2-3-4-5-6-17-15-28-22(29-16-17)18-9-13-21(14-10-18)31-23(30)19-7-11-20(12-8-19)24(25,26)27/h7-16H,2-6H2,1H3. The zero-order valence-corrected chi connectivity index (χ0v) is 17.2. The van der Waals surface area contributed by atoms with Gasteiger partial charge in [-0.25, -0.2) is 14.8 Å². The lowest BCUT2D eigenvalue weighted by molar-refractivity contribution is -0.137. The molecule has 3 rings (SSSR count). The molecule has 0 fully saturated rings. The number of halogens is 3. The largest absolute Gasteiger partial charge is 0.423 e. The number of esters is 1. The average Bonchev–Trinajstić information content (AvgIpc) is 2.77. The molecule has 0 saturated carbocycles. The third-order valence-corrected chi connectivity index (χ3v) is 4.80. The fourth-order valence-corrected chi connectivity index (χ4v) is 3.02. The minimum Gasteiger partial charge on any atom is -0.423 e. The number of carbonyl (C=O) groups excluding carboxylic acids is 1. The Bertz CT molecular complexity index is 983. The summed E-state index contributed by atoms with van der Waals surface area (Å²) in [6.45, 7) is 2.18. The van der Waals surface area contributed by atoms with Gasteiger partial charge in [-0.2, -0.15) is 13.2 Å². The monoisotopic (exact) mass is 428 g/mol. The molecule has 0 aliphatic heterocycles. The molecule has 162 valence electrons. The van der Waals surface area contributed by atoms with Crippen LogP contribution in [0.5, 0.6) is 5.75 Å². The first-order valence-electron chi connectivity index (χ1n) is 10.2. The third kappa shape index (κ3) is 6.38. The second-order valence-corrected chi connectivity index (χ2v) is 7.21. The number of benzene rings is 2. The maximum absolute atomic E-state index is 12.6. The Morgan fingerprint density at radius 1 is 0.903 bits per heavy atom. The molecule has 7 heteroatoms. The summed E-state index contributed by atoms with van der Waals surface area (Å²) in [5.74, 6) is 0.115. The molecule has 0 saturated heterocycles. The average molecular weight is 428 g/mol. The van der Waals surface area contributed by atoms with Crippen LogP contribution in [0.15, 0.2) is 60.9 Å². The molecule has 0 spiro atoms. The molecule has 0 N–H and O–H groups in total. The summed E-state index contributed by atoms with van der Waals surface area (Å²) in [5.41, 5.74) is 1.09. The first kappa shape index (κ1) is 22.5. The molecule has 0 unspecified atom stereocenters. The van der Waals surface area contributed by atoms with E-state index >= 15 is 0 Å². The Morgan fingerprint density at radius 3 is 2.13 bits per heavy atom. The van der Waals surface area contributed by atoms with Crippen LogP contribution in [0.3, 0.4) is 0 Å². The lowest BCUT2D eigenvalue weighted by Gasteiger charge is -2.08. The van der Waals surface area contributed by atoms with Crippen LogP contribution in [-0.2, 0) is 12.6 Å². The van der Waals surface area contributed by atoms with Crippen molar-refractivity contribution in [2.45, 2.75) is 45.2 Å². The first-order chi connectivity index (χ1) is 14.9. The van der Waals surface area contributed by atoms with E-state index in [9.17, 15) is 18.0 Å². The van der Waals surface area contributed by atoms with Gasteiger partial charge >= 0.3 is 12.1 Å². The number of aromatic nitrogens is 2. The van der Waals surface area contributed by atoms with E-state index in [1.165, 1.54) is 19.3 Å². The minimum atomic E-state index is -4.45. The first-order valence-corrected chi connectivity index (χ1v) is 10.2. The topological polar surface area (TPSA) is 52.1 Å². The van der Waals surface area contributed by atoms with Crippen LogP contribution in [0.2, 0.25) is 0 Å². The van der Waals surface area contributed by atoms with Crippen LogP contribution < -0.4 is 4.74 Å².